The molecule has 2 heterocycles. The normalized spacial score (nSPS) is 10.8. The summed E-state index contributed by atoms with van der Waals surface area (Å²) in [5, 5.41) is 1.14. The molecule has 12 heavy (non-hydrogen) atoms. The second kappa shape index (κ2) is 2.59. The van der Waals surface area contributed by atoms with Gasteiger partial charge in [-0.15, -0.1) is 0 Å². The van der Waals surface area contributed by atoms with Crippen molar-refractivity contribution in [2.24, 2.45) is 0 Å². The molecule has 0 saturated heterocycles. The maximum Gasteiger partial charge on any atom is 0.141 e. The highest BCUT2D eigenvalue weighted by Crippen LogP contribution is 2.14. The number of aromatic amines is 1. The summed E-state index contributed by atoms with van der Waals surface area (Å²) in [5.41, 5.74) is 2.07. The summed E-state index contributed by atoms with van der Waals surface area (Å²) in [6.07, 6.45) is 2.86. The Morgan fingerprint density at radius 1 is 1.42 bits per heavy atom. The molecule has 0 aliphatic rings. The average Bonchev–Trinajstić information content (AvgIpc) is 2.50. The van der Waals surface area contributed by atoms with Crippen molar-refractivity contribution in [3.05, 3.63) is 23.8 Å². The van der Waals surface area contributed by atoms with Gasteiger partial charge in [0.1, 0.15) is 11.5 Å². The Kier molecular flexibility index (Phi) is 1.57. The Hall–Kier alpha value is -1.38. The third kappa shape index (κ3) is 0.978. The van der Waals surface area contributed by atoms with Crippen molar-refractivity contribution in [2.75, 3.05) is 0 Å². The molecular weight excluding hydrogens is 150 g/mol. The Bertz CT molecular complexity index is 403. The predicted octanol–water partition coefficient (Wildman–Crippen LogP) is 1.83. The summed E-state index contributed by atoms with van der Waals surface area (Å²) in [4.78, 5) is 11.7. The Morgan fingerprint density at radius 2 is 2.25 bits per heavy atom. The number of rotatable bonds is 1. The average molecular weight is 161 g/mol. The second-order valence-electron chi connectivity index (χ2n) is 2.81. The van der Waals surface area contributed by atoms with Crippen LogP contribution in [0.1, 0.15) is 18.4 Å². The van der Waals surface area contributed by atoms with Gasteiger partial charge in [-0.25, -0.2) is 9.97 Å². The molecule has 0 aliphatic heterocycles. The van der Waals surface area contributed by atoms with Gasteiger partial charge in [0.2, 0.25) is 0 Å². The van der Waals surface area contributed by atoms with E-state index in [1.54, 1.807) is 0 Å². The number of aryl methyl sites for hydroxylation is 2. The zero-order valence-electron chi connectivity index (χ0n) is 7.26. The zero-order valence-corrected chi connectivity index (χ0v) is 7.26. The van der Waals surface area contributed by atoms with Gasteiger partial charge < -0.3 is 4.98 Å². The Morgan fingerprint density at radius 3 is 3.00 bits per heavy atom. The minimum Gasteiger partial charge on any atom is -0.346 e. The molecule has 0 fully saturated rings. The van der Waals surface area contributed by atoms with Crippen molar-refractivity contribution in [2.45, 2.75) is 20.3 Å². The lowest BCUT2D eigenvalue weighted by molar-refractivity contribution is 0.978. The summed E-state index contributed by atoms with van der Waals surface area (Å²) >= 11 is 0. The van der Waals surface area contributed by atoms with Gasteiger partial charge in [0.15, 0.2) is 0 Å². The molecule has 0 saturated carbocycles. The van der Waals surface area contributed by atoms with Crippen molar-refractivity contribution in [3.8, 4) is 0 Å². The highest BCUT2D eigenvalue weighted by molar-refractivity contribution is 5.77. The minimum absolute atomic E-state index is 0.835. The molecule has 2 aromatic heterocycles. The largest absolute Gasteiger partial charge is 0.346 e. The molecule has 2 aromatic rings. The van der Waals surface area contributed by atoms with Crippen LogP contribution in [-0.4, -0.2) is 15.0 Å². The second-order valence-corrected chi connectivity index (χ2v) is 2.81. The number of hydrogen-bond acceptors (Lipinski definition) is 2. The molecule has 0 aromatic carbocycles. The van der Waals surface area contributed by atoms with Gasteiger partial charge in [-0.05, 0) is 19.4 Å². The lowest BCUT2D eigenvalue weighted by atomic mass is 10.2. The van der Waals surface area contributed by atoms with Crippen LogP contribution >= 0.6 is 0 Å². The molecule has 3 heteroatoms. The Balaban J connectivity index is 2.80. The molecule has 0 amide bonds. The molecule has 1 N–H and O–H groups in total. The SMILES string of the molecule is CCc1nc(C)nc2[nH]ccc12. The first-order valence-corrected chi connectivity index (χ1v) is 4.12. The first-order valence-electron chi connectivity index (χ1n) is 4.12. The van der Waals surface area contributed by atoms with Crippen molar-refractivity contribution in [3.63, 3.8) is 0 Å². The van der Waals surface area contributed by atoms with E-state index in [0.29, 0.717) is 0 Å². The first kappa shape index (κ1) is 7.28. The van der Waals surface area contributed by atoms with Crippen LogP contribution in [0, 0.1) is 6.92 Å². The van der Waals surface area contributed by atoms with Gasteiger partial charge in [-0.3, -0.25) is 0 Å². The Labute approximate surface area is 70.9 Å². The smallest absolute Gasteiger partial charge is 0.141 e. The minimum atomic E-state index is 0.835. The quantitative estimate of drug-likeness (QED) is 0.693. The molecule has 0 bridgehead atoms. The topological polar surface area (TPSA) is 41.6 Å². The van der Waals surface area contributed by atoms with Gasteiger partial charge in [0.25, 0.3) is 0 Å². The number of nitrogens with one attached hydrogen (secondary N) is 1. The summed E-state index contributed by atoms with van der Waals surface area (Å²) in [5.74, 6) is 0.835. The third-order valence-corrected chi connectivity index (χ3v) is 1.94. The van der Waals surface area contributed by atoms with Gasteiger partial charge in [0, 0.05) is 11.6 Å². The highest BCUT2D eigenvalue weighted by atomic mass is 14.9. The highest BCUT2D eigenvalue weighted by Gasteiger charge is 2.03. The predicted molar refractivity (Wildman–Crippen MR) is 48.0 cm³/mol. The molecule has 62 valence electrons. The number of aromatic nitrogens is 3. The van der Waals surface area contributed by atoms with E-state index < -0.39 is 0 Å². The van der Waals surface area contributed by atoms with E-state index in [1.807, 2.05) is 19.2 Å². The van der Waals surface area contributed by atoms with Crippen LogP contribution in [0.25, 0.3) is 11.0 Å². The zero-order chi connectivity index (χ0) is 8.55. The van der Waals surface area contributed by atoms with Crippen LogP contribution in [0.4, 0.5) is 0 Å². The van der Waals surface area contributed by atoms with E-state index in [0.717, 1.165) is 29.0 Å². The van der Waals surface area contributed by atoms with E-state index >= 15 is 0 Å². The maximum atomic E-state index is 4.36. The van der Waals surface area contributed by atoms with Gasteiger partial charge >= 0.3 is 0 Å². The summed E-state index contributed by atoms with van der Waals surface area (Å²) < 4.78 is 0. The third-order valence-electron chi connectivity index (χ3n) is 1.94. The van der Waals surface area contributed by atoms with Crippen molar-refractivity contribution < 1.29 is 0 Å². The van der Waals surface area contributed by atoms with Gasteiger partial charge in [0.05, 0.1) is 5.69 Å². The van der Waals surface area contributed by atoms with E-state index in [4.69, 9.17) is 0 Å². The maximum absolute atomic E-state index is 4.36. The summed E-state index contributed by atoms with van der Waals surface area (Å²) in [7, 11) is 0. The van der Waals surface area contributed by atoms with E-state index in [2.05, 4.69) is 21.9 Å². The van der Waals surface area contributed by atoms with Crippen LogP contribution in [0.3, 0.4) is 0 Å². The molecular formula is C9H11N3. The van der Waals surface area contributed by atoms with Crippen molar-refractivity contribution in [1.82, 2.24) is 15.0 Å². The number of hydrogen-bond donors (Lipinski definition) is 1. The lowest BCUT2D eigenvalue weighted by Gasteiger charge is -1.99. The fourth-order valence-electron chi connectivity index (χ4n) is 1.40. The number of nitrogens with zero attached hydrogens (tertiary/aromatic N) is 2. The van der Waals surface area contributed by atoms with Gasteiger partial charge in [-0.2, -0.15) is 0 Å². The lowest BCUT2D eigenvalue weighted by Crippen LogP contribution is -1.94. The van der Waals surface area contributed by atoms with E-state index in [9.17, 15) is 0 Å². The summed E-state index contributed by atoms with van der Waals surface area (Å²) in [6, 6.07) is 2.02. The molecule has 0 atom stereocenters. The van der Waals surface area contributed by atoms with Crippen LogP contribution in [0.2, 0.25) is 0 Å². The van der Waals surface area contributed by atoms with Gasteiger partial charge in [-0.1, -0.05) is 6.92 Å². The molecule has 0 spiro atoms. The molecule has 0 aliphatic carbocycles. The monoisotopic (exact) mass is 161 g/mol. The molecule has 2 rings (SSSR count). The summed E-state index contributed by atoms with van der Waals surface area (Å²) in [6.45, 7) is 4.02. The number of H-pyrrole nitrogens is 1. The molecule has 0 unspecified atom stereocenters. The van der Waals surface area contributed by atoms with E-state index in [1.165, 1.54) is 0 Å². The molecule has 0 radical (unpaired) electrons. The fourth-order valence-corrected chi connectivity index (χ4v) is 1.40. The van der Waals surface area contributed by atoms with E-state index in [-0.39, 0.29) is 0 Å². The van der Waals surface area contributed by atoms with Crippen molar-refractivity contribution >= 4 is 11.0 Å². The standard InChI is InChI=1S/C9H11N3/c1-3-8-7-4-5-10-9(7)12-6(2)11-8/h4-5H,3H2,1-2H3,(H,10,11,12). The first-order chi connectivity index (χ1) is 5.81. The number of fused-ring (bicyclic) bond motifs is 1. The molecule has 3 nitrogen and oxygen atoms in total. The fraction of sp³-hybridized carbons (Fsp3) is 0.333. The van der Waals surface area contributed by atoms with Crippen LogP contribution < -0.4 is 0 Å². The van der Waals surface area contributed by atoms with Crippen LogP contribution in [-0.2, 0) is 6.42 Å². The van der Waals surface area contributed by atoms with Crippen LogP contribution in [0.15, 0.2) is 12.3 Å². The van der Waals surface area contributed by atoms with Crippen molar-refractivity contribution in [1.29, 1.82) is 0 Å². The van der Waals surface area contributed by atoms with Crippen LogP contribution in [0.5, 0.6) is 0 Å².